The van der Waals surface area contributed by atoms with Crippen LogP contribution in [0.1, 0.15) is 38.9 Å². The zero-order chi connectivity index (χ0) is 15.3. The molecule has 0 unspecified atom stereocenters. The van der Waals surface area contributed by atoms with E-state index in [1.54, 1.807) is 0 Å². The standard InChI is InChI=1S/C15H28N4O2/c1-4-6-9-21-10-7-8-17-14-11-13(16-3)18-15(19-14)12-20-5-2/h11H,4-10,12H2,1-3H3,(H2,16,17,18,19). The number of anilines is 2. The van der Waals surface area contributed by atoms with Crippen molar-refractivity contribution in [1.29, 1.82) is 0 Å². The maximum absolute atomic E-state index is 5.53. The largest absolute Gasteiger partial charge is 0.381 e. The fourth-order valence-corrected chi connectivity index (χ4v) is 1.71. The van der Waals surface area contributed by atoms with Crippen LogP contribution in [0.25, 0.3) is 0 Å². The van der Waals surface area contributed by atoms with Gasteiger partial charge in [0.2, 0.25) is 0 Å². The molecule has 0 fully saturated rings. The van der Waals surface area contributed by atoms with Gasteiger partial charge >= 0.3 is 0 Å². The molecule has 0 aliphatic rings. The van der Waals surface area contributed by atoms with Crippen LogP contribution >= 0.6 is 0 Å². The summed E-state index contributed by atoms with van der Waals surface area (Å²) in [5.74, 6) is 2.30. The van der Waals surface area contributed by atoms with E-state index in [9.17, 15) is 0 Å². The number of hydrogen-bond donors (Lipinski definition) is 2. The van der Waals surface area contributed by atoms with Gasteiger partial charge in [-0.05, 0) is 19.8 Å². The van der Waals surface area contributed by atoms with Crippen molar-refractivity contribution < 1.29 is 9.47 Å². The molecule has 0 saturated heterocycles. The van der Waals surface area contributed by atoms with Crippen molar-refractivity contribution in [2.24, 2.45) is 0 Å². The Morgan fingerprint density at radius 1 is 1.05 bits per heavy atom. The second-order valence-corrected chi connectivity index (χ2v) is 4.69. The number of rotatable bonds is 12. The van der Waals surface area contributed by atoms with Crippen molar-refractivity contribution >= 4 is 11.6 Å². The summed E-state index contributed by atoms with van der Waals surface area (Å²) in [6.45, 7) is 7.68. The lowest BCUT2D eigenvalue weighted by Crippen LogP contribution is -2.10. The highest BCUT2D eigenvalue weighted by atomic mass is 16.5. The minimum atomic E-state index is 0.431. The zero-order valence-corrected chi connectivity index (χ0v) is 13.4. The number of nitrogens with one attached hydrogen (secondary N) is 2. The van der Waals surface area contributed by atoms with Gasteiger partial charge in [0.25, 0.3) is 0 Å². The van der Waals surface area contributed by atoms with Gasteiger partial charge in [-0.15, -0.1) is 0 Å². The Morgan fingerprint density at radius 3 is 2.52 bits per heavy atom. The van der Waals surface area contributed by atoms with Gasteiger partial charge in [0, 0.05) is 39.5 Å². The molecule has 0 bridgehead atoms. The monoisotopic (exact) mass is 296 g/mol. The Bertz CT molecular complexity index is 388. The lowest BCUT2D eigenvalue weighted by Gasteiger charge is -2.10. The second-order valence-electron chi connectivity index (χ2n) is 4.69. The molecule has 1 aromatic heterocycles. The van der Waals surface area contributed by atoms with Crippen molar-refractivity contribution in [1.82, 2.24) is 9.97 Å². The fourth-order valence-electron chi connectivity index (χ4n) is 1.71. The molecule has 0 aliphatic heterocycles. The van der Waals surface area contributed by atoms with Gasteiger partial charge in [-0.1, -0.05) is 13.3 Å². The SMILES string of the molecule is CCCCOCCCNc1cc(NC)nc(COCC)n1. The summed E-state index contributed by atoms with van der Waals surface area (Å²) in [5.41, 5.74) is 0. The zero-order valence-electron chi connectivity index (χ0n) is 13.4. The highest BCUT2D eigenvalue weighted by Gasteiger charge is 2.03. The second kappa shape index (κ2) is 11.3. The van der Waals surface area contributed by atoms with E-state index < -0.39 is 0 Å². The Morgan fingerprint density at radius 2 is 1.81 bits per heavy atom. The predicted molar refractivity (Wildman–Crippen MR) is 85.7 cm³/mol. The third-order valence-corrected chi connectivity index (χ3v) is 2.88. The molecule has 1 aromatic rings. The average molecular weight is 296 g/mol. The quantitative estimate of drug-likeness (QED) is 0.578. The number of aromatic nitrogens is 2. The van der Waals surface area contributed by atoms with Crippen LogP contribution in [-0.2, 0) is 16.1 Å². The molecule has 120 valence electrons. The third kappa shape index (κ3) is 7.82. The summed E-state index contributed by atoms with van der Waals surface area (Å²) in [5, 5.41) is 6.34. The van der Waals surface area contributed by atoms with E-state index in [1.165, 1.54) is 6.42 Å². The van der Waals surface area contributed by atoms with Crippen LogP contribution in [0.4, 0.5) is 11.6 Å². The molecule has 1 heterocycles. The molecule has 2 N–H and O–H groups in total. The minimum absolute atomic E-state index is 0.431. The van der Waals surface area contributed by atoms with Crippen molar-refractivity contribution in [3.8, 4) is 0 Å². The van der Waals surface area contributed by atoms with Gasteiger partial charge in [-0.25, -0.2) is 9.97 Å². The molecular formula is C15H28N4O2. The van der Waals surface area contributed by atoms with Crippen molar-refractivity contribution in [3.05, 3.63) is 11.9 Å². The first kappa shape index (κ1) is 17.7. The molecule has 0 spiro atoms. The van der Waals surface area contributed by atoms with Gasteiger partial charge in [0.15, 0.2) is 5.82 Å². The molecule has 0 aliphatic carbocycles. The highest BCUT2D eigenvalue weighted by Crippen LogP contribution is 2.11. The first-order chi connectivity index (χ1) is 10.3. The molecule has 6 heteroatoms. The van der Waals surface area contributed by atoms with Gasteiger partial charge in [-0.3, -0.25) is 0 Å². The predicted octanol–water partition coefficient (Wildman–Crippen LogP) is 2.67. The number of unbranched alkanes of at least 4 members (excludes halogenated alkanes) is 1. The van der Waals surface area contributed by atoms with E-state index in [0.29, 0.717) is 19.0 Å². The molecule has 6 nitrogen and oxygen atoms in total. The van der Waals surface area contributed by atoms with Crippen LogP contribution in [0, 0.1) is 0 Å². The van der Waals surface area contributed by atoms with Crippen LogP contribution in [0.15, 0.2) is 6.07 Å². The first-order valence-corrected chi connectivity index (χ1v) is 7.75. The molecule has 0 aromatic carbocycles. The summed E-state index contributed by atoms with van der Waals surface area (Å²) >= 11 is 0. The molecule has 0 atom stereocenters. The summed E-state index contributed by atoms with van der Waals surface area (Å²) in [6.07, 6.45) is 3.27. The van der Waals surface area contributed by atoms with Gasteiger partial charge in [-0.2, -0.15) is 0 Å². The smallest absolute Gasteiger partial charge is 0.158 e. The van der Waals surface area contributed by atoms with Crippen molar-refractivity contribution in [2.45, 2.75) is 39.7 Å². The van der Waals surface area contributed by atoms with E-state index in [-0.39, 0.29) is 0 Å². The van der Waals surface area contributed by atoms with E-state index >= 15 is 0 Å². The number of nitrogens with zero attached hydrogens (tertiary/aromatic N) is 2. The maximum atomic E-state index is 5.53. The summed E-state index contributed by atoms with van der Waals surface area (Å²) in [7, 11) is 1.85. The van der Waals surface area contributed by atoms with E-state index in [4.69, 9.17) is 9.47 Å². The molecule has 0 radical (unpaired) electrons. The normalized spacial score (nSPS) is 10.6. The maximum Gasteiger partial charge on any atom is 0.158 e. The average Bonchev–Trinajstić information content (AvgIpc) is 2.51. The molecule has 1 rings (SSSR count). The van der Waals surface area contributed by atoms with Crippen LogP contribution in [0.2, 0.25) is 0 Å². The lowest BCUT2D eigenvalue weighted by atomic mass is 10.3. The summed E-state index contributed by atoms with van der Waals surface area (Å²) < 4.78 is 10.9. The Hall–Kier alpha value is -1.40. The van der Waals surface area contributed by atoms with E-state index in [0.717, 1.165) is 44.2 Å². The molecule has 21 heavy (non-hydrogen) atoms. The van der Waals surface area contributed by atoms with Crippen molar-refractivity contribution in [3.63, 3.8) is 0 Å². The van der Waals surface area contributed by atoms with E-state index in [2.05, 4.69) is 27.5 Å². The Kier molecular flexibility index (Phi) is 9.48. The van der Waals surface area contributed by atoms with Gasteiger partial charge < -0.3 is 20.1 Å². The van der Waals surface area contributed by atoms with Gasteiger partial charge in [0.05, 0.1) is 0 Å². The summed E-state index contributed by atoms with van der Waals surface area (Å²) in [6, 6.07) is 1.90. The molecule has 0 saturated carbocycles. The van der Waals surface area contributed by atoms with E-state index in [1.807, 2.05) is 20.0 Å². The molecular weight excluding hydrogens is 268 g/mol. The minimum Gasteiger partial charge on any atom is -0.381 e. The van der Waals surface area contributed by atoms with Crippen LogP contribution in [0.5, 0.6) is 0 Å². The topological polar surface area (TPSA) is 68.3 Å². The fraction of sp³-hybridized carbons (Fsp3) is 0.733. The van der Waals surface area contributed by atoms with Crippen LogP contribution < -0.4 is 10.6 Å². The highest BCUT2D eigenvalue weighted by molar-refractivity contribution is 5.47. The third-order valence-electron chi connectivity index (χ3n) is 2.88. The summed E-state index contributed by atoms with van der Waals surface area (Å²) in [4.78, 5) is 8.79. The van der Waals surface area contributed by atoms with Gasteiger partial charge in [0.1, 0.15) is 18.2 Å². The Balaban J connectivity index is 2.35. The first-order valence-electron chi connectivity index (χ1n) is 7.75. The van der Waals surface area contributed by atoms with Crippen molar-refractivity contribution in [2.75, 3.05) is 44.0 Å². The Labute approximate surface area is 127 Å². The number of ether oxygens (including phenoxy) is 2. The lowest BCUT2D eigenvalue weighted by molar-refractivity contribution is 0.128. The molecule has 0 amide bonds. The van der Waals surface area contributed by atoms with Crippen LogP contribution in [-0.4, -0.2) is 43.4 Å². The number of hydrogen-bond acceptors (Lipinski definition) is 6. The van der Waals surface area contributed by atoms with Crippen LogP contribution in [0.3, 0.4) is 0 Å².